The summed E-state index contributed by atoms with van der Waals surface area (Å²) in [6.45, 7) is 6.10. The van der Waals surface area contributed by atoms with Crippen LogP contribution < -0.4 is 10.0 Å². The van der Waals surface area contributed by atoms with Gasteiger partial charge in [0.25, 0.3) is 15.9 Å². The third kappa shape index (κ3) is 5.95. The van der Waals surface area contributed by atoms with Crippen molar-refractivity contribution in [1.82, 2.24) is 5.32 Å². The van der Waals surface area contributed by atoms with E-state index in [1.54, 1.807) is 48.5 Å². The molecule has 3 aromatic carbocycles. The molecule has 0 saturated carbocycles. The Kier molecular flexibility index (Phi) is 7.13. The van der Waals surface area contributed by atoms with Crippen LogP contribution in [0.25, 0.3) is 0 Å². The Morgan fingerprint density at radius 3 is 2.13 bits per heavy atom. The van der Waals surface area contributed by atoms with Crippen LogP contribution in [0.5, 0.6) is 0 Å². The van der Waals surface area contributed by atoms with Crippen molar-refractivity contribution in [3.05, 3.63) is 95.6 Å². The molecule has 0 bridgehead atoms. The zero-order chi connectivity index (χ0) is 22.4. The average molecular weight is 437 g/mol. The number of benzene rings is 3. The zero-order valence-electron chi connectivity index (χ0n) is 18.0. The van der Waals surface area contributed by atoms with Gasteiger partial charge in [-0.1, -0.05) is 74.0 Å². The number of para-hydroxylation sites is 1. The van der Waals surface area contributed by atoms with E-state index in [0.717, 1.165) is 17.5 Å². The minimum Gasteiger partial charge on any atom is -0.345 e. The minimum absolute atomic E-state index is 0.148. The highest BCUT2D eigenvalue weighted by atomic mass is 32.2. The van der Waals surface area contributed by atoms with Crippen molar-refractivity contribution in [1.29, 1.82) is 0 Å². The summed E-state index contributed by atoms with van der Waals surface area (Å²) >= 11 is 0. The fourth-order valence-corrected chi connectivity index (χ4v) is 4.44. The van der Waals surface area contributed by atoms with E-state index in [9.17, 15) is 13.2 Å². The van der Waals surface area contributed by atoms with Crippen molar-refractivity contribution < 1.29 is 13.2 Å². The smallest absolute Gasteiger partial charge is 0.261 e. The largest absolute Gasteiger partial charge is 0.345 e. The molecule has 0 fully saturated rings. The Hall–Kier alpha value is -3.12. The molecular weight excluding hydrogens is 408 g/mol. The Balaban J connectivity index is 1.86. The van der Waals surface area contributed by atoms with Crippen LogP contribution in [0.1, 0.15) is 47.8 Å². The topological polar surface area (TPSA) is 75.3 Å². The molecule has 0 aliphatic heterocycles. The third-order valence-electron chi connectivity index (χ3n) is 4.96. The molecule has 1 amide bonds. The van der Waals surface area contributed by atoms with Crippen LogP contribution >= 0.6 is 0 Å². The fraction of sp³-hybridized carbons (Fsp3) is 0.240. The van der Waals surface area contributed by atoms with Gasteiger partial charge in [0.05, 0.1) is 22.2 Å². The third-order valence-corrected chi connectivity index (χ3v) is 6.34. The molecule has 162 valence electrons. The molecule has 3 aromatic rings. The molecule has 0 spiro atoms. The van der Waals surface area contributed by atoms with E-state index >= 15 is 0 Å². The number of aryl methyl sites for hydroxylation is 1. The first-order chi connectivity index (χ1) is 14.8. The van der Waals surface area contributed by atoms with Gasteiger partial charge < -0.3 is 5.32 Å². The molecular formula is C25H28N2O3S. The van der Waals surface area contributed by atoms with Crippen molar-refractivity contribution in [2.24, 2.45) is 5.92 Å². The minimum atomic E-state index is -3.82. The molecule has 31 heavy (non-hydrogen) atoms. The number of rotatable bonds is 8. The molecule has 0 heterocycles. The zero-order valence-corrected chi connectivity index (χ0v) is 18.8. The number of hydrogen-bond donors (Lipinski definition) is 2. The Morgan fingerprint density at radius 1 is 0.871 bits per heavy atom. The Bertz CT molecular complexity index is 1120. The lowest BCUT2D eigenvalue weighted by Crippen LogP contribution is -2.30. The number of carbonyl (C=O) groups excluding carboxylic acids is 1. The number of anilines is 1. The van der Waals surface area contributed by atoms with Crippen LogP contribution in [-0.4, -0.2) is 14.3 Å². The molecule has 0 aliphatic rings. The Morgan fingerprint density at radius 2 is 1.48 bits per heavy atom. The first-order valence-electron chi connectivity index (χ1n) is 10.3. The normalized spacial score (nSPS) is 12.4. The summed E-state index contributed by atoms with van der Waals surface area (Å²) in [5.74, 6) is 0.0532. The lowest BCUT2D eigenvalue weighted by Gasteiger charge is -2.22. The van der Waals surface area contributed by atoms with Crippen LogP contribution in [-0.2, 0) is 10.0 Å². The summed E-state index contributed by atoms with van der Waals surface area (Å²) in [4.78, 5) is 13.3. The molecule has 1 atom stereocenters. The second kappa shape index (κ2) is 9.79. The van der Waals surface area contributed by atoms with Crippen LogP contribution in [0, 0.1) is 12.8 Å². The van der Waals surface area contributed by atoms with Gasteiger partial charge in [-0.2, -0.15) is 0 Å². The highest BCUT2D eigenvalue weighted by Crippen LogP contribution is 2.24. The SMILES string of the molecule is Cc1ccc(S(=O)(=O)Nc2ccccc2C(=O)NC(CC(C)C)c2ccccc2)cc1. The van der Waals surface area contributed by atoms with Crippen LogP contribution in [0.3, 0.4) is 0 Å². The van der Waals surface area contributed by atoms with Gasteiger partial charge in [-0.15, -0.1) is 0 Å². The fourth-order valence-electron chi connectivity index (χ4n) is 3.36. The number of amides is 1. The maximum absolute atomic E-state index is 13.2. The summed E-state index contributed by atoms with van der Waals surface area (Å²) in [6, 6.07) is 22.8. The number of hydrogen-bond acceptors (Lipinski definition) is 3. The maximum atomic E-state index is 13.2. The van der Waals surface area contributed by atoms with Crippen molar-refractivity contribution in [2.75, 3.05) is 4.72 Å². The standard InChI is InChI=1S/C25H28N2O3S/c1-18(2)17-24(20-9-5-4-6-10-20)26-25(28)22-11-7-8-12-23(22)27-31(29,30)21-15-13-19(3)14-16-21/h4-16,18,24,27H,17H2,1-3H3,(H,26,28). The lowest BCUT2D eigenvalue weighted by molar-refractivity contribution is 0.0933. The summed E-state index contributed by atoms with van der Waals surface area (Å²) in [6.07, 6.45) is 0.771. The van der Waals surface area contributed by atoms with Gasteiger partial charge in [-0.05, 0) is 49.1 Å². The highest BCUT2D eigenvalue weighted by Gasteiger charge is 2.21. The molecule has 0 aliphatic carbocycles. The van der Waals surface area contributed by atoms with Gasteiger partial charge in [-0.3, -0.25) is 9.52 Å². The van der Waals surface area contributed by atoms with Crippen molar-refractivity contribution in [2.45, 2.75) is 38.1 Å². The monoisotopic (exact) mass is 436 g/mol. The van der Waals surface area contributed by atoms with E-state index in [-0.39, 0.29) is 28.1 Å². The number of sulfonamides is 1. The molecule has 2 N–H and O–H groups in total. The molecule has 1 unspecified atom stereocenters. The highest BCUT2D eigenvalue weighted by molar-refractivity contribution is 7.92. The van der Waals surface area contributed by atoms with Crippen molar-refractivity contribution in [3.63, 3.8) is 0 Å². The van der Waals surface area contributed by atoms with E-state index in [2.05, 4.69) is 23.9 Å². The lowest BCUT2D eigenvalue weighted by atomic mass is 9.96. The Labute approximate surface area is 184 Å². The number of carbonyl (C=O) groups is 1. The van der Waals surface area contributed by atoms with Crippen molar-refractivity contribution >= 4 is 21.6 Å². The van der Waals surface area contributed by atoms with Crippen LogP contribution in [0.2, 0.25) is 0 Å². The van der Waals surface area contributed by atoms with Gasteiger partial charge in [0.2, 0.25) is 0 Å². The quantitative estimate of drug-likeness (QED) is 0.502. The second-order valence-corrected chi connectivity index (χ2v) is 9.71. The number of nitrogens with one attached hydrogen (secondary N) is 2. The molecule has 0 aromatic heterocycles. The summed E-state index contributed by atoms with van der Waals surface area (Å²) in [5, 5.41) is 3.08. The summed E-state index contributed by atoms with van der Waals surface area (Å²) in [7, 11) is -3.82. The molecule has 0 radical (unpaired) electrons. The van der Waals surface area contributed by atoms with Gasteiger partial charge in [0.1, 0.15) is 0 Å². The predicted octanol–water partition coefficient (Wildman–Crippen LogP) is 5.31. The molecule has 6 heteroatoms. The average Bonchev–Trinajstić information content (AvgIpc) is 2.74. The predicted molar refractivity (Wildman–Crippen MR) is 125 cm³/mol. The van der Waals surface area contributed by atoms with Gasteiger partial charge in [-0.25, -0.2) is 8.42 Å². The first kappa shape index (κ1) is 22.6. The van der Waals surface area contributed by atoms with E-state index < -0.39 is 10.0 Å². The summed E-state index contributed by atoms with van der Waals surface area (Å²) in [5.41, 5.74) is 2.51. The van der Waals surface area contributed by atoms with E-state index in [4.69, 9.17) is 0 Å². The molecule has 0 saturated heterocycles. The van der Waals surface area contributed by atoms with E-state index in [0.29, 0.717) is 5.92 Å². The van der Waals surface area contributed by atoms with Gasteiger partial charge in [0, 0.05) is 0 Å². The van der Waals surface area contributed by atoms with Crippen LogP contribution in [0.15, 0.2) is 83.8 Å². The summed E-state index contributed by atoms with van der Waals surface area (Å²) < 4.78 is 28.2. The van der Waals surface area contributed by atoms with Crippen LogP contribution in [0.4, 0.5) is 5.69 Å². The van der Waals surface area contributed by atoms with E-state index in [1.165, 1.54) is 0 Å². The van der Waals surface area contributed by atoms with Crippen molar-refractivity contribution in [3.8, 4) is 0 Å². The second-order valence-electron chi connectivity index (χ2n) is 8.03. The first-order valence-corrected chi connectivity index (χ1v) is 11.8. The van der Waals surface area contributed by atoms with Gasteiger partial charge >= 0.3 is 0 Å². The molecule has 3 rings (SSSR count). The maximum Gasteiger partial charge on any atom is 0.261 e. The van der Waals surface area contributed by atoms with Gasteiger partial charge in [0.15, 0.2) is 0 Å². The molecule has 5 nitrogen and oxygen atoms in total. The van der Waals surface area contributed by atoms with E-state index in [1.807, 2.05) is 37.3 Å².